The Hall–Kier alpha value is -2.62. The van der Waals surface area contributed by atoms with Gasteiger partial charge in [-0.2, -0.15) is 9.99 Å². The summed E-state index contributed by atoms with van der Waals surface area (Å²) in [6.45, 7) is 1.32. The maximum atomic E-state index is 12.2. The van der Waals surface area contributed by atoms with Crippen LogP contribution in [-0.2, 0) is 10.4 Å². The number of benzene rings is 1. The van der Waals surface area contributed by atoms with Crippen LogP contribution in [0.4, 0.5) is 5.69 Å². The Morgan fingerprint density at radius 1 is 1.41 bits per heavy atom. The fraction of sp³-hybridized carbons (Fsp3) is 0.133. The number of halogens is 1. The zero-order valence-corrected chi connectivity index (χ0v) is 12.3. The largest absolute Gasteiger partial charge is 0.619 e. The Morgan fingerprint density at radius 2 is 2.05 bits per heavy atom. The van der Waals surface area contributed by atoms with Crippen molar-refractivity contribution in [2.24, 2.45) is 0 Å². The molecule has 2 rings (SSSR count). The minimum absolute atomic E-state index is 0.201. The van der Waals surface area contributed by atoms with Crippen molar-refractivity contribution in [2.45, 2.75) is 12.5 Å². The first-order valence-corrected chi connectivity index (χ1v) is 6.65. The minimum Gasteiger partial charge on any atom is -0.619 e. The Labute approximate surface area is 131 Å². The third-order valence-electron chi connectivity index (χ3n) is 3.15. The number of nitriles is 1. The molecule has 0 fully saturated rings. The Morgan fingerprint density at radius 3 is 2.59 bits per heavy atom. The number of hydrogen-bond donors (Lipinski definition) is 2. The maximum absolute atomic E-state index is 12.2. The van der Waals surface area contributed by atoms with Crippen LogP contribution in [-0.4, -0.2) is 11.0 Å². The molecule has 22 heavy (non-hydrogen) atoms. The smallest absolute Gasteiger partial charge is 0.260 e. The molecular weight excluding hydrogens is 306 g/mol. The summed E-state index contributed by atoms with van der Waals surface area (Å²) >= 11 is 5.89. The molecule has 0 saturated heterocycles. The molecule has 1 heterocycles. The lowest BCUT2D eigenvalue weighted by atomic mass is 9.96. The molecule has 0 bridgehead atoms. The van der Waals surface area contributed by atoms with Crippen LogP contribution in [0.15, 0.2) is 42.7 Å². The van der Waals surface area contributed by atoms with Crippen molar-refractivity contribution in [3.8, 4) is 6.07 Å². The number of pyridine rings is 1. The van der Waals surface area contributed by atoms with Gasteiger partial charge in [0.25, 0.3) is 5.91 Å². The van der Waals surface area contributed by atoms with E-state index in [0.29, 0.717) is 10.4 Å². The van der Waals surface area contributed by atoms with E-state index in [4.69, 9.17) is 16.9 Å². The zero-order valence-electron chi connectivity index (χ0n) is 11.6. The second-order valence-corrected chi connectivity index (χ2v) is 5.19. The van der Waals surface area contributed by atoms with Crippen LogP contribution in [0.3, 0.4) is 0 Å². The molecule has 1 unspecified atom stereocenters. The van der Waals surface area contributed by atoms with Gasteiger partial charge in [-0.05, 0) is 25.1 Å². The molecule has 0 aliphatic carbocycles. The number of nitrogens with one attached hydrogen (secondary N) is 1. The molecule has 1 aromatic heterocycles. The molecule has 1 atom stereocenters. The van der Waals surface area contributed by atoms with E-state index in [1.807, 2.05) is 6.07 Å². The minimum atomic E-state index is -1.82. The first-order chi connectivity index (χ1) is 10.3. The molecular formula is C15H12ClN3O3. The molecule has 1 aromatic carbocycles. The molecule has 6 nitrogen and oxygen atoms in total. The van der Waals surface area contributed by atoms with Crippen molar-refractivity contribution in [1.29, 1.82) is 5.26 Å². The molecule has 2 N–H and O–H groups in total. The monoisotopic (exact) mass is 317 g/mol. The second kappa shape index (κ2) is 6.02. The Bertz CT molecular complexity index is 752. The zero-order chi connectivity index (χ0) is 16.3. The molecule has 0 spiro atoms. The van der Waals surface area contributed by atoms with E-state index in [0.717, 1.165) is 0 Å². The first-order valence-electron chi connectivity index (χ1n) is 6.27. The number of nitrogens with zero attached hydrogens (tertiary/aromatic N) is 2. The molecule has 7 heteroatoms. The lowest BCUT2D eigenvalue weighted by Crippen LogP contribution is -2.38. The number of amides is 1. The molecule has 1 amide bonds. The fourth-order valence-corrected chi connectivity index (χ4v) is 2.03. The highest BCUT2D eigenvalue weighted by Crippen LogP contribution is 2.24. The van der Waals surface area contributed by atoms with Crippen molar-refractivity contribution in [3.63, 3.8) is 0 Å². The van der Waals surface area contributed by atoms with Crippen LogP contribution in [0.5, 0.6) is 0 Å². The number of aliphatic hydroxyl groups is 1. The summed E-state index contributed by atoms with van der Waals surface area (Å²) in [6, 6.07) is 9.03. The van der Waals surface area contributed by atoms with E-state index in [2.05, 4.69) is 5.32 Å². The van der Waals surface area contributed by atoms with E-state index in [-0.39, 0.29) is 16.1 Å². The van der Waals surface area contributed by atoms with Gasteiger partial charge in [0.1, 0.15) is 6.07 Å². The normalized spacial score (nSPS) is 13.0. The van der Waals surface area contributed by atoms with Gasteiger partial charge in [-0.25, -0.2) is 0 Å². The number of aromatic nitrogens is 1. The lowest BCUT2D eigenvalue weighted by molar-refractivity contribution is -0.605. The van der Waals surface area contributed by atoms with Crippen LogP contribution in [0.2, 0.25) is 5.02 Å². The lowest BCUT2D eigenvalue weighted by Gasteiger charge is -2.22. The average molecular weight is 318 g/mol. The highest BCUT2D eigenvalue weighted by Gasteiger charge is 2.33. The van der Waals surface area contributed by atoms with Crippen molar-refractivity contribution in [3.05, 3.63) is 64.1 Å². The number of anilines is 1. The number of carbonyl (C=O) groups excluding carboxylic acids is 1. The summed E-state index contributed by atoms with van der Waals surface area (Å²) in [5.41, 5.74) is -0.912. The SMILES string of the molecule is CC(O)(C(=O)Nc1ccc(C#N)c(Cl)c1)c1cc[n+]([O-])cc1. The summed E-state index contributed by atoms with van der Waals surface area (Å²) < 4.78 is 0.553. The summed E-state index contributed by atoms with van der Waals surface area (Å²) in [6.07, 6.45) is 2.38. The van der Waals surface area contributed by atoms with Gasteiger partial charge < -0.3 is 15.6 Å². The Kier molecular flexibility index (Phi) is 4.31. The number of rotatable bonds is 3. The number of hydrogen-bond acceptors (Lipinski definition) is 4. The van der Waals surface area contributed by atoms with Crippen LogP contribution in [0.25, 0.3) is 0 Å². The van der Waals surface area contributed by atoms with Gasteiger partial charge in [0.05, 0.1) is 10.6 Å². The van der Waals surface area contributed by atoms with Crippen molar-refractivity contribution >= 4 is 23.2 Å². The van der Waals surface area contributed by atoms with Crippen molar-refractivity contribution in [1.82, 2.24) is 0 Å². The van der Waals surface area contributed by atoms with Gasteiger partial charge in [-0.3, -0.25) is 4.79 Å². The molecule has 0 saturated carbocycles. The first kappa shape index (κ1) is 15.8. The molecule has 0 aliphatic heterocycles. The van der Waals surface area contributed by atoms with Crippen molar-refractivity contribution < 1.29 is 14.6 Å². The molecule has 112 valence electrons. The summed E-state index contributed by atoms with van der Waals surface area (Å²) in [5.74, 6) is -0.683. The summed E-state index contributed by atoms with van der Waals surface area (Å²) in [4.78, 5) is 12.2. The van der Waals surface area contributed by atoms with Gasteiger partial charge in [0.2, 0.25) is 0 Å². The topological polar surface area (TPSA) is 100 Å². The number of carbonyl (C=O) groups is 1. The third kappa shape index (κ3) is 3.17. The van der Waals surface area contributed by atoms with Gasteiger partial charge >= 0.3 is 0 Å². The highest BCUT2D eigenvalue weighted by molar-refractivity contribution is 6.32. The second-order valence-electron chi connectivity index (χ2n) is 4.78. The van der Waals surface area contributed by atoms with Gasteiger partial charge in [0, 0.05) is 23.4 Å². The molecule has 2 aromatic rings. The third-order valence-corrected chi connectivity index (χ3v) is 3.47. The maximum Gasteiger partial charge on any atom is 0.260 e. The van der Waals surface area contributed by atoms with E-state index in [1.54, 1.807) is 0 Å². The van der Waals surface area contributed by atoms with E-state index in [9.17, 15) is 15.1 Å². The van der Waals surface area contributed by atoms with E-state index < -0.39 is 11.5 Å². The van der Waals surface area contributed by atoms with Crippen LogP contribution in [0.1, 0.15) is 18.1 Å². The standard InChI is InChI=1S/C15H12ClN3O3/c1-15(21,11-4-6-19(22)7-5-11)14(20)18-12-3-2-10(9-17)13(16)8-12/h2-8,21H,1H3,(H,18,20). The Balaban J connectivity index is 2.22. The highest BCUT2D eigenvalue weighted by atomic mass is 35.5. The van der Waals surface area contributed by atoms with Crippen LogP contribution >= 0.6 is 11.6 Å². The predicted octanol–water partition coefficient (Wildman–Crippen LogP) is 1.69. The van der Waals surface area contributed by atoms with E-state index >= 15 is 0 Å². The van der Waals surface area contributed by atoms with E-state index in [1.165, 1.54) is 49.6 Å². The van der Waals surface area contributed by atoms with Gasteiger partial charge in [-0.1, -0.05) is 11.6 Å². The molecule has 0 aliphatic rings. The van der Waals surface area contributed by atoms with Crippen molar-refractivity contribution in [2.75, 3.05) is 5.32 Å². The van der Waals surface area contributed by atoms with Gasteiger partial charge in [-0.15, -0.1) is 0 Å². The quantitative estimate of drug-likeness (QED) is 0.664. The van der Waals surface area contributed by atoms with Crippen LogP contribution in [0, 0.1) is 16.5 Å². The predicted molar refractivity (Wildman–Crippen MR) is 79.8 cm³/mol. The van der Waals surface area contributed by atoms with Crippen LogP contribution < -0.4 is 10.0 Å². The fourth-order valence-electron chi connectivity index (χ4n) is 1.80. The summed E-state index contributed by atoms with van der Waals surface area (Å²) in [5, 5.41) is 32.9. The molecule has 0 radical (unpaired) electrons. The average Bonchev–Trinajstić information content (AvgIpc) is 2.48. The summed E-state index contributed by atoms with van der Waals surface area (Å²) in [7, 11) is 0. The van der Waals surface area contributed by atoms with Gasteiger partial charge in [0.15, 0.2) is 18.0 Å².